The van der Waals surface area contributed by atoms with Gasteiger partial charge in [0.25, 0.3) is 0 Å². The van der Waals surface area contributed by atoms with Crippen molar-refractivity contribution in [2.24, 2.45) is 5.73 Å². The van der Waals surface area contributed by atoms with Crippen molar-refractivity contribution in [3.8, 4) is 11.5 Å². The molecule has 0 amide bonds. The van der Waals surface area contributed by atoms with Gasteiger partial charge in [-0.3, -0.25) is 5.73 Å². The van der Waals surface area contributed by atoms with E-state index in [4.69, 9.17) is 15.2 Å². The molecular formula is C16H17NO2. The first-order valence-electron chi connectivity index (χ1n) is 6.54. The van der Waals surface area contributed by atoms with Crippen molar-refractivity contribution in [1.82, 2.24) is 0 Å². The smallest absolute Gasteiger partial charge is 0.148 e. The molecule has 3 nitrogen and oxygen atoms in total. The number of nitrogens with two attached hydrogens (primary N) is 1. The summed E-state index contributed by atoms with van der Waals surface area (Å²) in [6.07, 6.45) is 1.54. The average Bonchev–Trinajstić information content (AvgIpc) is 2.45. The summed E-state index contributed by atoms with van der Waals surface area (Å²) in [5.74, 6) is 1.75. The van der Waals surface area contributed by atoms with Crippen molar-refractivity contribution in [2.75, 3.05) is 0 Å². The minimum Gasteiger partial charge on any atom is -0.488 e. The molecule has 3 heteroatoms. The van der Waals surface area contributed by atoms with Gasteiger partial charge in [0.1, 0.15) is 24.3 Å². The Morgan fingerprint density at radius 2 is 1.95 bits per heavy atom. The van der Waals surface area contributed by atoms with Gasteiger partial charge in [-0.05, 0) is 24.1 Å². The van der Waals surface area contributed by atoms with Crippen LogP contribution in [0.25, 0.3) is 0 Å². The van der Waals surface area contributed by atoms with E-state index in [1.54, 1.807) is 0 Å². The average molecular weight is 255 g/mol. The third-order valence-electron chi connectivity index (χ3n) is 3.28. The number of hydrogen-bond acceptors (Lipinski definition) is 3. The van der Waals surface area contributed by atoms with Crippen molar-refractivity contribution in [1.29, 1.82) is 0 Å². The maximum atomic E-state index is 5.90. The maximum absolute atomic E-state index is 5.90. The van der Waals surface area contributed by atoms with Gasteiger partial charge >= 0.3 is 0 Å². The van der Waals surface area contributed by atoms with Crippen LogP contribution in [0, 0.1) is 0 Å². The van der Waals surface area contributed by atoms with E-state index >= 15 is 0 Å². The van der Waals surface area contributed by atoms with Crippen LogP contribution in [-0.4, -0.2) is 6.23 Å². The van der Waals surface area contributed by atoms with Crippen LogP contribution in [-0.2, 0) is 13.0 Å². The van der Waals surface area contributed by atoms with Gasteiger partial charge in [-0.15, -0.1) is 0 Å². The van der Waals surface area contributed by atoms with Crippen LogP contribution in [0.1, 0.15) is 17.5 Å². The van der Waals surface area contributed by atoms with Gasteiger partial charge in [0.05, 0.1) is 0 Å². The van der Waals surface area contributed by atoms with Gasteiger partial charge in [-0.2, -0.15) is 0 Å². The van der Waals surface area contributed by atoms with E-state index < -0.39 is 0 Å². The largest absolute Gasteiger partial charge is 0.488 e. The van der Waals surface area contributed by atoms with Crippen molar-refractivity contribution in [3.05, 3.63) is 59.7 Å². The first-order valence-corrected chi connectivity index (χ1v) is 6.54. The quantitative estimate of drug-likeness (QED) is 0.917. The fourth-order valence-electron chi connectivity index (χ4n) is 2.28. The van der Waals surface area contributed by atoms with E-state index in [0.29, 0.717) is 6.61 Å². The van der Waals surface area contributed by atoms with Crippen LogP contribution < -0.4 is 15.2 Å². The lowest BCUT2D eigenvalue weighted by molar-refractivity contribution is 0.177. The van der Waals surface area contributed by atoms with E-state index in [-0.39, 0.29) is 6.23 Å². The predicted octanol–water partition coefficient (Wildman–Crippen LogP) is 2.88. The van der Waals surface area contributed by atoms with E-state index in [0.717, 1.165) is 35.5 Å². The van der Waals surface area contributed by atoms with Crippen molar-refractivity contribution in [2.45, 2.75) is 25.7 Å². The Bertz CT molecular complexity index is 554. The van der Waals surface area contributed by atoms with Crippen molar-refractivity contribution in [3.63, 3.8) is 0 Å². The van der Waals surface area contributed by atoms with Gasteiger partial charge in [0, 0.05) is 12.0 Å². The Kier molecular flexibility index (Phi) is 3.38. The molecule has 2 aromatic carbocycles. The minimum atomic E-state index is -0.197. The van der Waals surface area contributed by atoms with Crippen LogP contribution in [0.2, 0.25) is 0 Å². The third kappa shape index (κ3) is 2.71. The molecular weight excluding hydrogens is 238 g/mol. The Morgan fingerprint density at radius 3 is 2.79 bits per heavy atom. The predicted molar refractivity (Wildman–Crippen MR) is 74.1 cm³/mol. The second-order valence-corrected chi connectivity index (χ2v) is 4.70. The third-order valence-corrected chi connectivity index (χ3v) is 3.28. The second-order valence-electron chi connectivity index (χ2n) is 4.70. The molecule has 2 N–H and O–H groups in total. The molecule has 0 aliphatic carbocycles. The summed E-state index contributed by atoms with van der Waals surface area (Å²) in [7, 11) is 0. The lowest BCUT2D eigenvalue weighted by Crippen LogP contribution is -2.31. The standard InChI is InChI=1S/C16H17NO2/c17-16-10-9-13-14(7-4-8-15(13)19-16)18-11-12-5-2-1-3-6-12/h1-8,16H,9-11,17H2. The lowest BCUT2D eigenvalue weighted by Gasteiger charge is -2.24. The van der Waals surface area contributed by atoms with Crippen molar-refractivity contribution >= 4 is 0 Å². The highest BCUT2D eigenvalue weighted by Gasteiger charge is 2.19. The second kappa shape index (κ2) is 5.33. The summed E-state index contributed by atoms with van der Waals surface area (Å²) in [5, 5.41) is 0. The zero-order valence-electron chi connectivity index (χ0n) is 10.7. The van der Waals surface area contributed by atoms with E-state index in [1.807, 2.05) is 36.4 Å². The molecule has 0 saturated heterocycles. The molecule has 1 unspecified atom stereocenters. The summed E-state index contributed by atoms with van der Waals surface area (Å²) in [5.41, 5.74) is 8.09. The van der Waals surface area contributed by atoms with E-state index in [9.17, 15) is 0 Å². The number of rotatable bonds is 3. The van der Waals surface area contributed by atoms with Crippen LogP contribution in [0.3, 0.4) is 0 Å². The molecule has 1 atom stereocenters. The number of ether oxygens (including phenoxy) is 2. The molecule has 98 valence electrons. The minimum absolute atomic E-state index is 0.197. The van der Waals surface area contributed by atoms with Gasteiger partial charge in [-0.1, -0.05) is 36.4 Å². The molecule has 3 rings (SSSR count). The molecule has 0 fully saturated rings. The van der Waals surface area contributed by atoms with Crippen LogP contribution in [0.4, 0.5) is 0 Å². The topological polar surface area (TPSA) is 44.5 Å². The summed E-state index contributed by atoms with van der Waals surface area (Å²) < 4.78 is 11.5. The molecule has 0 bridgehead atoms. The van der Waals surface area contributed by atoms with Gasteiger partial charge < -0.3 is 9.47 Å². The summed E-state index contributed by atoms with van der Waals surface area (Å²) >= 11 is 0. The van der Waals surface area contributed by atoms with Crippen molar-refractivity contribution < 1.29 is 9.47 Å². The number of fused-ring (bicyclic) bond motifs is 1. The molecule has 0 aromatic heterocycles. The van der Waals surface area contributed by atoms with Crippen LogP contribution >= 0.6 is 0 Å². The molecule has 2 aromatic rings. The highest BCUT2D eigenvalue weighted by atomic mass is 16.5. The number of hydrogen-bond donors (Lipinski definition) is 1. The zero-order valence-corrected chi connectivity index (χ0v) is 10.7. The molecule has 0 radical (unpaired) electrons. The summed E-state index contributed by atoms with van der Waals surface area (Å²) in [6, 6.07) is 16.0. The molecule has 0 saturated carbocycles. The molecule has 19 heavy (non-hydrogen) atoms. The molecule has 1 aliphatic rings. The molecule has 1 heterocycles. The molecule has 0 spiro atoms. The monoisotopic (exact) mass is 255 g/mol. The SMILES string of the molecule is NC1CCc2c(OCc3ccccc3)cccc2O1. The summed E-state index contributed by atoms with van der Waals surface area (Å²) in [4.78, 5) is 0. The van der Waals surface area contributed by atoms with Gasteiger partial charge in [0.15, 0.2) is 0 Å². The van der Waals surface area contributed by atoms with Gasteiger partial charge in [0.2, 0.25) is 0 Å². The highest BCUT2D eigenvalue weighted by molar-refractivity contribution is 5.46. The first kappa shape index (κ1) is 12.1. The lowest BCUT2D eigenvalue weighted by atomic mass is 10.0. The number of benzene rings is 2. The Labute approximate surface area is 113 Å². The maximum Gasteiger partial charge on any atom is 0.148 e. The Morgan fingerprint density at radius 1 is 1.11 bits per heavy atom. The first-order chi connectivity index (χ1) is 9.33. The Balaban J connectivity index is 1.77. The fraction of sp³-hybridized carbons (Fsp3) is 0.250. The Hall–Kier alpha value is -2.00. The van der Waals surface area contributed by atoms with E-state index in [2.05, 4.69) is 12.1 Å². The highest BCUT2D eigenvalue weighted by Crippen LogP contribution is 2.34. The van der Waals surface area contributed by atoms with Gasteiger partial charge in [-0.25, -0.2) is 0 Å². The van der Waals surface area contributed by atoms with E-state index in [1.165, 1.54) is 0 Å². The molecule has 1 aliphatic heterocycles. The fourth-order valence-corrected chi connectivity index (χ4v) is 2.28. The normalized spacial score (nSPS) is 17.4. The van der Waals surface area contributed by atoms with Crippen LogP contribution in [0.15, 0.2) is 48.5 Å². The summed E-state index contributed by atoms with van der Waals surface area (Å²) in [6.45, 7) is 0.573. The zero-order chi connectivity index (χ0) is 13.1. The van der Waals surface area contributed by atoms with Crippen LogP contribution in [0.5, 0.6) is 11.5 Å².